The summed E-state index contributed by atoms with van der Waals surface area (Å²) in [6.45, 7) is 11.0. The lowest BCUT2D eigenvalue weighted by Crippen LogP contribution is -2.49. The van der Waals surface area contributed by atoms with Crippen LogP contribution in [0.5, 0.6) is 0 Å². The van der Waals surface area contributed by atoms with Crippen molar-refractivity contribution in [3.8, 4) is 0 Å². The lowest BCUT2D eigenvalue weighted by Gasteiger charge is -2.38. The topological polar surface area (TPSA) is 42.6 Å². The second-order valence-corrected chi connectivity index (χ2v) is 8.56. The molecular weight excluding hydrogens is 336 g/mol. The summed E-state index contributed by atoms with van der Waals surface area (Å²) in [6, 6.07) is 7.84. The van der Waals surface area contributed by atoms with Gasteiger partial charge in [-0.05, 0) is 51.4 Å². The highest BCUT2D eigenvalue weighted by Crippen LogP contribution is 2.18. The van der Waals surface area contributed by atoms with Gasteiger partial charge in [-0.25, -0.2) is 0 Å². The maximum Gasteiger partial charge on any atom is 0.189 e. The number of pyridine rings is 1. The van der Waals surface area contributed by atoms with Crippen molar-refractivity contribution in [3.63, 3.8) is 0 Å². The summed E-state index contributed by atoms with van der Waals surface area (Å²) in [7, 11) is 2.25. The van der Waals surface area contributed by atoms with Crippen LogP contribution >= 0.6 is 0 Å². The maximum atomic E-state index is 12.4. The zero-order chi connectivity index (χ0) is 18.8. The summed E-state index contributed by atoms with van der Waals surface area (Å²) in [6.07, 6.45) is 2.72. The lowest BCUT2D eigenvalue weighted by molar-refractivity contribution is 0.0924. The molecule has 5 heteroatoms. The maximum absolute atomic E-state index is 12.4. The monoisotopic (exact) mass is 368 g/mol. The van der Waals surface area contributed by atoms with Crippen LogP contribution in [0.4, 0.5) is 0 Å². The number of aromatic amines is 1. The molecule has 0 spiro atoms. The van der Waals surface area contributed by atoms with Crippen molar-refractivity contribution >= 4 is 10.9 Å². The minimum atomic E-state index is 0.127. The molecule has 2 saturated heterocycles. The van der Waals surface area contributed by atoms with Gasteiger partial charge in [0, 0.05) is 68.5 Å². The Kier molecular flexibility index (Phi) is 5.62. The third-order valence-corrected chi connectivity index (χ3v) is 6.14. The first kappa shape index (κ1) is 18.7. The molecule has 0 amide bonds. The summed E-state index contributed by atoms with van der Waals surface area (Å²) in [4.78, 5) is 23.5. The molecule has 1 N–H and O–H groups in total. The highest BCUT2D eigenvalue weighted by Gasteiger charge is 2.23. The Morgan fingerprint density at radius 1 is 1.07 bits per heavy atom. The van der Waals surface area contributed by atoms with E-state index in [0.717, 1.165) is 60.8 Å². The first-order valence-corrected chi connectivity index (χ1v) is 10.3. The van der Waals surface area contributed by atoms with Gasteiger partial charge in [0.2, 0.25) is 0 Å². The van der Waals surface area contributed by atoms with Gasteiger partial charge >= 0.3 is 0 Å². The van der Waals surface area contributed by atoms with E-state index in [1.807, 2.05) is 19.1 Å². The highest BCUT2D eigenvalue weighted by molar-refractivity contribution is 5.79. The number of fused-ring (bicyclic) bond motifs is 1. The molecular formula is C22H32N4O. The quantitative estimate of drug-likeness (QED) is 0.899. The fraction of sp³-hybridized carbons (Fsp3) is 0.591. The summed E-state index contributed by atoms with van der Waals surface area (Å²) in [5.41, 5.74) is 3.23. The molecule has 4 rings (SSSR count). The SMILES string of the molecule is Cc1ccc2[nH]c(CN3CCN(C[C@@H]4CCCN(C)C4)CC3)cc(=O)c2c1. The second kappa shape index (κ2) is 8.13. The minimum absolute atomic E-state index is 0.127. The number of rotatable bonds is 4. The number of hydrogen-bond donors (Lipinski definition) is 1. The van der Waals surface area contributed by atoms with Gasteiger partial charge in [-0.1, -0.05) is 11.6 Å². The molecule has 2 aromatic rings. The fourth-order valence-corrected chi connectivity index (χ4v) is 4.66. The molecule has 0 radical (unpaired) electrons. The van der Waals surface area contributed by atoms with Gasteiger partial charge in [-0.3, -0.25) is 9.69 Å². The first-order valence-electron chi connectivity index (χ1n) is 10.3. The Balaban J connectivity index is 1.33. The van der Waals surface area contributed by atoms with Crippen LogP contribution in [-0.2, 0) is 6.54 Å². The molecule has 1 aromatic carbocycles. The van der Waals surface area contributed by atoms with E-state index >= 15 is 0 Å². The van der Waals surface area contributed by atoms with Gasteiger partial charge in [0.1, 0.15) is 0 Å². The van der Waals surface area contributed by atoms with Crippen molar-refractivity contribution in [2.45, 2.75) is 26.3 Å². The third kappa shape index (κ3) is 4.60. The Morgan fingerprint density at radius 3 is 2.63 bits per heavy atom. The van der Waals surface area contributed by atoms with Crippen molar-refractivity contribution in [1.82, 2.24) is 19.7 Å². The molecule has 2 fully saturated rings. The minimum Gasteiger partial charge on any atom is -0.357 e. The lowest BCUT2D eigenvalue weighted by atomic mass is 9.97. The predicted octanol–water partition coefficient (Wildman–Crippen LogP) is 2.30. The number of nitrogens with one attached hydrogen (secondary N) is 1. The van der Waals surface area contributed by atoms with Crippen LogP contribution in [0.1, 0.15) is 24.1 Å². The van der Waals surface area contributed by atoms with E-state index in [-0.39, 0.29) is 5.43 Å². The van der Waals surface area contributed by atoms with E-state index in [1.165, 1.54) is 32.5 Å². The van der Waals surface area contributed by atoms with Crippen molar-refractivity contribution in [2.75, 3.05) is 52.9 Å². The van der Waals surface area contributed by atoms with Crippen LogP contribution < -0.4 is 5.43 Å². The van der Waals surface area contributed by atoms with E-state index in [0.29, 0.717) is 0 Å². The van der Waals surface area contributed by atoms with E-state index < -0.39 is 0 Å². The number of likely N-dealkylation sites (tertiary alicyclic amines) is 1. The average Bonchev–Trinajstić information content (AvgIpc) is 2.64. The molecule has 0 saturated carbocycles. The number of nitrogens with zero attached hydrogens (tertiary/aromatic N) is 3. The number of aryl methyl sites for hydroxylation is 1. The molecule has 2 aliphatic heterocycles. The van der Waals surface area contributed by atoms with E-state index in [2.05, 4.69) is 32.8 Å². The van der Waals surface area contributed by atoms with Gasteiger partial charge in [-0.15, -0.1) is 0 Å². The Hall–Kier alpha value is -1.69. The molecule has 0 unspecified atom stereocenters. The predicted molar refractivity (Wildman–Crippen MR) is 111 cm³/mol. The number of H-pyrrole nitrogens is 1. The van der Waals surface area contributed by atoms with E-state index in [1.54, 1.807) is 6.07 Å². The molecule has 0 aliphatic carbocycles. The van der Waals surface area contributed by atoms with Crippen LogP contribution in [0.2, 0.25) is 0 Å². The Labute approximate surface area is 162 Å². The van der Waals surface area contributed by atoms with Crippen molar-refractivity contribution in [2.24, 2.45) is 5.92 Å². The van der Waals surface area contributed by atoms with Gasteiger partial charge in [0.15, 0.2) is 5.43 Å². The molecule has 0 bridgehead atoms. The first-order chi connectivity index (χ1) is 13.1. The van der Waals surface area contributed by atoms with Crippen LogP contribution in [-0.4, -0.2) is 72.5 Å². The normalized spacial score (nSPS) is 23.1. The number of hydrogen-bond acceptors (Lipinski definition) is 4. The number of aromatic nitrogens is 1. The zero-order valence-electron chi connectivity index (χ0n) is 16.7. The molecule has 27 heavy (non-hydrogen) atoms. The number of benzene rings is 1. The van der Waals surface area contributed by atoms with Crippen molar-refractivity contribution in [3.05, 3.63) is 45.7 Å². The smallest absolute Gasteiger partial charge is 0.189 e. The fourth-order valence-electron chi connectivity index (χ4n) is 4.66. The zero-order valence-corrected chi connectivity index (χ0v) is 16.7. The van der Waals surface area contributed by atoms with E-state index in [4.69, 9.17) is 0 Å². The molecule has 5 nitrogen and oxygen atoms in total. The van der Waals surface area contributed by atoms with Crippen LogP contribution in [0.3, 0.4) is 0 Å². The summed E-state index contributed by atoms with van der Waals surface area (Å²) in [5.74, 6) is 0.829. The largest absolute Gasteiger partial charge is 0.357 e. The van der Waals surface area contributed by atoms with Crippen LogP contribution in [0.25, 0.3) is 10.9 Å². The third-order valence-electron chi connectivity index (χ3n) is 6.14. The average molecular weight is 369 g/mol. The molecule has 2 aliphatic rings. The number of piperazine rings is 1. The van der Waals surface area contributed by atoms with Gasteiger partial charge in [0.25, 0.3) is 0 Å². The number of piperidine rings is 1. The molecule has 146 valence electrons. The summed E-state index contributed by atoms with van der Waals surface area (Å²) >= 11 is 0. The highest BCUT2D eigenvalue weighted by atomic mass is 16.1. The summed E-state index contributed by atoms with van der Waals surface area (Å²) in [5, 5.41) is 0.793. The van der Waals surface area contributed by atoms with Crippen LogP contribution in [0.15, 0.2) is 29.1 Å². The second-order valence-electron chi connectivity index (χ2n) is 8.56. The molecule has 1 aromatic heterocycles. The standard InChI is InChI=1S/C22H32N4O/c1-17-5-6-21-20(12-17)22(27)13-19(23-21)16-26-10-8-25(9-11-26)15-18-4-3-7-24(2)14-18/h5-6,12-13,18H,3-4,7-11,14-16H2,1-2H3,(H,23,27)/t18-/m1/s1. The van der Waals surface area contributed by atoms with Gasteiger partial charge < -0.3 is 14.8 Å². The van der Waals surface area contributed by atoms with Crippen LogP contribution in [0, 0.1) is 12.8 Å². The van der Waals surface area contributed by atoms with Gasteiger partial charge in [-0.2, -0.15) is 0 Å². The van der Waals surface area contributed by atoms with Gasteiger partial charge in [0.05, 0.1) is 0 Å². The molecule has 1 atom stereocenters. The summed E-state index contributed by atoms with van der Waals surface area (Å²) < 4.78 is 0. The Bertz CT molecular complexity index is 838. The Morgan fingerprint density at radius 2 is 1.85 bits per heavy atom. The van der Waals surface area contributed by atoms with Crippen molar-refractivity contribution < 1.29 is 0 Å². The van der Waals surface area contributed by atoms with Crippen molar-refractivity contribution in [1.29, 1.82) is 0 Å². The van der Waals surface area contributed by atoms with E-state index in [9.17, 15) is 4.79 Å². The molecule has 3 heterocycles.